The first kappa shape index (κ1) is 19.6. The molecule has 0 aromatic heterocycles. The molecule has 1 atom stereocenters. The zero-order valence-electron chi connectivity index (χ0n) is 16.2. The molecule has 2 rings (SSSR count). The Morgan fingerprint density at radius 1 is 1.36 bits per heavy atom. The predicted octanol–water partition coefficient (Wildman–Crippen LogP) is 3.92. The number of nitrogens with zero attached hydrogens (tertiary/aromatic N) is 1. The van der Waals surface area contributed by atoms with Crippen molar-refractivity contribution >= 4 is 6.09 Å². The van der Waals surface area contributed by atoms with Crippen LogP contribution in [-0.4, -0.2) is 42.8 Å². The van der Waals surface area contributed by atoms with Gasteiger partial charge in [0.15, 0.2) is 0 Å². The Morgan fingerprint density at radius 3 is 2.80 bits per heavy atom. The van der Waals surface area contributed by atoms with Crippen molar-refractivity contribution in [3.05, 3.63) is 29.3 Å². The van der Waals surface area contributed by atoms with Crippen LogP contribution in [0.3, 0.4) is 0 Å². The minimum atomic E-state index is -0.462. The van der Waals surface area contributed by atoms with Crippen LogP contribution >= 0.6 is 0 Å². The third-order valence-corrected chi connectivity index (χ3v) is 4.19. The highest BCUT2D eigenvalue weighted by atomic mass is 16.6. The molecule has 0 spiro atoms. The summed E-state index contributed by atoms with van der Waals surface area (Å²) < 4.78 is 11.1. The Labute approximate surface area is 151 Å². The van der Waals surface area contributed by atoms with Crippen LogP contribution in [0.15, 0.2) is 18.2 Å². The Hall–Kier alpha value is -1.75. The van der Waals surface area contributed by atoms with E-state index in [4.69, 9.17) is 9.47 Å². The second kappa shape index (κ2) is 8.56. The lowest BCUT2D eigenvalue weighted by Crippen LogP contribution is -2.41. The molecular formula is C20H32N2O3. The number of carbonyl (C=O) groups excluding carboxylic acids is 1. The third kappa shape index (κ3) is 5.92. The lowest BCUT2D eigenvalue weighted by molar-refractivity contribution is 0.0251. The van der Waals surface area contributed by atoms with E-state index in [9.17, 15) is 4.79 Å². The Bertz CT molecular complexity index is 581. The highest BCUT2D eigenvalue weighted by Crippen LogP contribution is 2.28. The van der Waals surface area contributed by atoms with Crippen molar-refractivity contribution in [1.29, 1.82) is 0 Å². The van der Waals surface area contributed by atoms with E-state index in [0.717, 1.165) is 31.7 Å². The van der Waals surface area contributed by atoms with Crippen molar-refractivity contribution in [2.24, 2.45) is 0 Å². The van der Waals surface area contributed by atoms with E-state index >= 15 is 0 Å². The topological polar surface area (TPSA) is 50.8 Å². The van der Waals surface area contributed by atoms with Gasteiger partial charge in [-0.25, -0.2) is 4.79 Å². The number of hydrogen-bond acceptors (Lipinski definition) is 4. The average molecular weight is 348 g/mol. The fourth-order valence-electron chi connectivity index (χ4n) is 2.90. The summed E-state index contributed by atoms with van der Waals surface area (Å²) in [6, 6.07) is 6.62. The minimum absolute atomic E-state index is 0.230. The van der Waals surface area contributed by atoms with E-state index < -0.39 is 5.60 Å². The van der Waals surface area contributed by atoms with Crippen LogP contribution in [-0.2, 0) is 11.2 Å². The van der Waals surface area contributed by atoms with E-state index in [2.05, 4.69) is 37.4 Å². The maximum Gasteiger partial charge on any atom is 0.410 e. The lowest BCUT2D eigenvalue weighted by Gasteiger charge is -2.27. The van der Waals surface area contributed by atoms with Gasteiger partial charge in [-0.3, -0.25) is 0 Å². The molecule has 5 nitrogen and oxygen atoms in total. The van der Waals surface area contributed by atoms with Crippen LogP contribution in [0.4, 0.5) is 4.79 Å². The Morgan fingerprint density at radius 2 is 2.12 bits per heavy atom. The molecule has 1 aliphatic heterocycles. The van der Waals surface area contributed by atoms with Gasteiger partial charge in [0.25, 0.3) is 0 Å². The number of fused-ring (bicyclic) bond motifs is 1. The molecule has 1 heterocycles. The smallest absolute Gasteiger partial charge is 0.410 e. The maximum absolute atomic E-state index is 12.3. The molecule has 5 heteroatoms. The average Bonchev–Trinajstić information content (AvgIpc) is 2.99. The summed E-state index contributed by atoms with van der Waals surface area (Å²) in [7, 11) is 0. The number of nitrogens with one attached hydrogen (secondary N) is 1. The molecule has 0 saturated carbocycles. The van der Waals surface area contributed by atoms with Gasteiger partial charge < -0.3 is 19.7 Å². The summed E-state index contributed by atoms with van der Waals surface area (Å²) in [5, 5.41) is 3.51. The van der Waals surface area contributed by atoms with E-state index in [0.29, 0.717) is 13.1 Å². The lowest BCUT2D eigenvalue weighted by atomic mass is 10.0. The summed E-state index contributed by atoms with van der Waals surface area (Å²) >= 11 is 0. The normalized spacial score (nSPS) is 14.6. The molecular weight excluding hydrogens is 316 g/mol. The number of ether oxygens (including phenoxy) is 2. The molecule has 1 N–H and O–H groups in total. The van der Waals surface area contributed by atoms with Crippen LogP contribution in [0.5, 0.6) is 5.75 Å². The van der Waals surface area contributed by atoms with E-state index in [1.807, 2.05) is 20.8 Å². The van der Waals surface area contributed by atoms with E-state index in [1.54, 1.807) is 4.90 Å². The monoisotopic (exact) mass is 348 g/mol. The summed E-state index contributed by atoms with van der Waals surface area (Å²) in [4.78, 5) is 14.1. The SMILES string of the molecule is CCCN(CCNC(C)c1ccc2c(c1)CCO2)C(=O)OC(C)(C)C. The highest BCUT2D eigenvalue weighted by Gasteiger charge is 2.21. The van der Waals surface area contributed by atoms with Gasteiger partial charge in [-0.05, 0) is 51.3 Å². The molecule has 0 radical (unpaired) electrons. The first-order valence-electron chi connectivity index (χ1n) is 9.27. The third-order valence-electron chi connectivity index (χ3n) is 4.19. The Balaban J connectivity index is 1.85. The molecule has 140 valence electrons. The molecule has 0 bridgehead atoms. The van der Waals surface area contributed by atoms with Gasteiger partial charge in [-0.1, -0.05) is 19.1 Å². The summed E-state index contributed by atoms with van der Waals surface area (Å²) in [5.74, 6) is 1.01. The number of carbonyl (C=O) groups is 1. The van der Waals surface area contributed by atoms with E-state index in [-0.39, 0.29) is 12.1 Å². The second-order valence-corrected chi connectivity index (χ2v) is 7.61. The molecule has 1 aromatic carbocycles. The maximum atomic E-state index is 12.3. The molecule has 1 aliphatic rings. The van der Waals surface area contributed by atoms with Crippen molar-refractivity contribution in [2.75, 3.05) is 26.2 Å². The number of amides is 1. The largest absolute Gasteiger partial charge is 0.493 e. The second-order valence-electron chi connectivity index (χ2n) is 7.61. The molecule has 1 aromatic rings. The quantitative estimate of drug-likeness (QED) is 0.811. The predicted molar refractivity (Wildman–Crippen MR) is 100 cm³/mol. The first-order valence-corrected chi connectivity index (χ1v) is 9.27. The molecule has 25 heavy (non-hydrogen) atoms. The molecule has 0 aliphatic carbocycles. The minimum Gasteiger partial charge on any atom is -0.493 e. The van der Waals surface area contributed by atoms with Crippen LogP contribution in [0.2, 0.25) is 0 Å². The highest BCUT2D eigenvalue weighted by molar-refractivity contribution is 5.68. The van der Waals surface area contributed by atoms with E-state index in [1.165, 1.54) is 11.1 Å². The van der Waals surface area contributed by atoms with Crippen molar-refractivity contribution in [3.63, 3.8) is 0 Å². The van der Waals surface area contributed by atoms with Gasteiger partial charge >= 0.3 is 6.09 Å². The van der Waals surface area contributed by atoms with Gasteiger partial charge in [0.1, 0.15) is 11.4 Å². The fraction of sp³-hybridized carbons (Fsp3) is 0.650. The van der Waals surface area contributed by atoms with Gasteiger partial charge in [-0.2, -0.15) is 0 Å². The van der Waals surface area contributed by atoms with Crippen molar-refractivity contribution in [2.45, 2.75) is 59.1 Å². The fourth-order valence-corrected chi connectivity index (χ4v) is 2.90. The van der Waals surface area contributed by atoms with Crippen molar-refractivity contribution < 1.29 is 14.3 Å². The van der Waals surface area contributed by atoms with Gasteiger partial charge in [0.05, 0.1) is 6.61 Å². The van der Waals surface area contributed by atoms with Crippen LogP contribution < -0.4 is 10.1 Å². The first-order chi connectivity index (χ1) is 11.8. The zero-order chi connectivity index (χ0) is 18.4. The zero-order valence-corrected chi connectivity index (χ0v) is 16.2. The molecule has 0 saturated heterocycles. The van der Waals surface area contributed by atoms with Crippen molar-refractivity contribution in [1.82, 2.24) is 10.2 Å². The van der Waals surface area contributed by atoms with Crippen LogP contribution in [0, 0.1) is 0 Å². The van der Waals surface area contributed by atoms with Crippen LogP contribution in [0.25, 0.3) is 0 Å². The molecule has 1 unspecified atom stereocenters. The van der Waals surface area contributed by atoms with Gasteiger partial charge in [-0.15, -0.1) is 0 Å². The molecule has 0 fully saturated rings. The standard InChI is InChI=1S/C20H32N2O3/c1-6-11-22(19(23)25-20(3,4)5)12-10-21-15(2)16-7-8-18-17(14-16)9-13-24-18/h7-8,14-15,21H,6,9-13H2,1-5H3. The number of hydrogen-bond donors (Lipinski definition) is 1. The summed E-state index contributed by atoms with van der Waals surface area (Å²) in [6.45, 7) is 12.8. The summed E-state index contributed by atoms with van der Waals surface area (Å²) in [6.07, 6.45) is 1.66. The number of rotatable bonds is 7. The Kier molecular flexibility index (Phi) is 6.71. The van der Waals surface area contributed by atoms with Crippen LogP contribution in [0.1, 0.15) is 58.2 Å². The van der Waals surface area contributed by atoms with Gasteiger partial charge in [0.2, 0.25) is 0 Å². The van der Waals surface area contributed by atoms with Crippen molar-refractivity contribution in [3.8, 4) is 5.75 Å². The summed E-state index contributed by atoms with van der Waals surface area (Å²) in [5.41, 5.74) is 2.08. The molecule has 1 amide bonds. The number of benzene rings is 1. The van der Waals surface area contributed by atoms with Gasteiger partial charge in [0, 0.05) is 32.1 Å².